The van der Waals surface area contributed by atoms with Gasteiger partial charge in [0.2, 0.25) is 0 Å². The van der Waals surface area contributed by atoms with E-state index in [1.807, 2.05) is 0 Å². The molecule has 0 bridgehead atoms. The van der Waals surface area contributed by atoms with Crippen molar-refractivity contribution in [3.8, 4) is 0 Å². The van der Waals surface area contributed by atoms with E-state index in [1.165, 1.54) is 49.9 Å². The molecule has 0 radical (unpaired) electrons. The van der Waals surface area contributed by atoms with Crippen LogP contribution in [0.5, 0.6) is 0 Å². The highest BCUT2D eigenvalue weighted by atomic mass is 16.3. The number of nitrogens with one attached hydrogen (secondary N) is 2. The van der Waals surface area contributed by atoms with Crippen LogP contribution in [0.4, 0.5) is 0 Å². The van der Waals surface area contributed by atoms with E-state index >= 15 is 0 Å². The van der Waals surface area contributed by atoms with Gasteiger partial charge in [0.15, 0.2) is 0 Å². The standard InChI is InChI=1S/C18H34N4O2/c23-11-9-21-13-17(19-15-21)7-5-3-1-2-4-6-8-18-14-22(10-12-24)16-20-18/h13-14,19-20,23-24H,1-12,15-16H2. The second-order valence-corrected chi connectivity index (χ2v) is 6.67. The Labute approximate surface area is 146 Å². The van der Waals surface area contributed by atoms with Crippen molar-refractivity contribution >= 4 is 0 Å². The van der Waals surface area contributed by atoms with Gasteiger partial charge in [0.1, 0.15) is 0 Å². The van der Waals surface area contributed by atoms with Crippen LogP contribution >= 0.6 is 0 Å². The second kappa shape index (κ2) is 11.2. The monoisotopic (exact) mass is 338 g/mol. The summed E-state index contributed by atoms with van der Waals surface area (Å²) in [6, 6.07) is 0. The predicted molar refractivity (Wildman–Crippen MR) is 96.7 cm³/mol. The third-order valence-electron chi connectivity index (χ3n) is 4.61. The molecule has 6 heteroatoms. The van der Waals surface area contributed by atoms with Gasteiger partial charge in [-0.15, -0.1) is 0 Å². The zero-order chi connectivity index (χ0) is 17.0. The lowest BCUT2D eigenvalue weighted by Gasteiger charge is -2.11. The van der Waals surface area contributed by atoms with Crippen LogP contribution in [-0.4, -0.2) is 59.7 Å². The van der Waals surface area contributed by atoms with Crippen LogP contribution < -0.4 is 10.6 Å². The van der Waals surface area contributed by atoms with Gasteiger partial charge in [0.05, 0.1) is 26.6 Å². The summed E-state index contributed by atoms with van der Waals surface area (Å²) in [5.74, 6) is 0. The molecule has 138 valence electrons. The Kier molecular flexibility index (Phi) is 8.84. The number of hydrogen-bond acceptors (Lipinski definition) is 6. The Balaban J connectivity index is 1.41. The molecule has 2 aliphatic heterocycles. The lowest BCUT2D eigenvalue weighted by molar-refractivity contribution is 0.240. The quantitative estimate of drug-likeness (QED) is 0.382. The van der Waals surface area contributed by atoms with Gasteiger partial charge in [-0.3, -0.25) is 0 Å². The molecule has 0 aromatic carbocycles. The topological polar surface area (TPSA) is 71.0 Å². The lowest BCUT2D eigenvalue weighted by atomic mass is 10.1. The molecule has 2 rings (SSSR count). The summed E-state index contributed by atoms with van der Waals surface area (Å²) in [7, 11) is 0. The molecule has 0 aliphatic carbocycles. The second-order valence-electron chi connectivity index (χ2n) is 6.67. The fourth-order valence-electron chi connectivity index (χ4n) is 3.22. The third kappa shape index (κ3) is 7.01. The SMILES string of the molecule is OCCN1C=C(CCCCCCCCC2=CN(CCO)CN2)NC1. The molecule has 6 nitrogen and oxygen atoms in total. The maximum Gasteiger partial charge on any atom is 0.0870 e. The van der Waals surface area contributed by atoms with Crippen LogP contribution in [0, 0.1) is 0 Å². The van der Waals surface area contributed by atoms with Crippen LogP contribution in [0.25, 0.3) is 0 Å². The van der Waals surface area contributed by atoms with Crippen molar-refractivity contribution in [2.24, 2.45) is 0 Å². The highest BCUT2D eigenvalue weighted by molar-refractivity contribution is 5.05. The van der Waals surface area contributed by atoms with E-state index < -0.39 is 0 Å². The summed E-state index contributed by atoms with van der Waals surface area (Å²) in [6.45, 7) is 3.57. The average Bonchev–Trinajstić information content (AvgIpc) is 3.20. The van der Waals surface area contributed by atoms with Crippen LogP contribution in [-0.2, 0) is 0 Å². The number of nitrogens with zero attached hydrogens (tertiary/aromatic N) is 2. The summed E-state index contributed by atoms with van der Waals surface area (Å²) in [5, 5.41) is 24.6. The molecule has 0 saturated heterocycles. The van der Waals surface area contributed by atoms with E-state index in [4.69, 9.17) is 10.2 Å². The number of aliphatic hydroxyl groups excluding tert-OH is 2. The van der Waals surface area contributed by atoms with E-state index in [9.17, 15) is 0 Å². The van der Waals surface area contributed by atoms with Crippen LogP contribution in [0.2, 0.25) is 0 Å². The molecule has 0 amide bonds. The molecular weight excluding hydrogens is 304 g/mol. The molecule has 4 N–H and O–H groups in total. The molecule has 0 fully saturated rings. The van der Waals surface area contributed by atoms with Gasteiger partial charge in [-0.05, 0) is 25.7 Å². The zero-order valence-electron chi connectivity index (χ0n) is 14.8. The Morgan fingerprint density at radius 1 is 0.708 bits per heavy atom. The van der Waals surface area contributed by atoms with Crippen molar-refractivity contribution in [2.45, 2.75) is 51.4 Å². The van der Waals surface area contributed by atoms with Gasteiger partial charge >= 0.3 is 0 Å². The van der Waals surface area contributed by atoms with Gasteiger partial charge in [-0.1, -0.05) is 25.7 Å². The van der Waals surface area contributed by atoms with Crippen LogP contribution in [0.1, 0.15) is 51.4 Å². The van der Waals surface area contributed by atoms with Gasteiger partial charge in [0.25, 0.3) is 0 Å². The van der Waals surface area contributed by atoms with Gasteiger partial charge < -0.3 is 30.6 Å². The Morgan fingerprint density at radius 2 is 1.12 bits per heavy atom. The Morgan fingerprint density at radius 3 is 1.54 bits per heavy atom. The highest BCUT2D eigenvalue weighted by Crippen LogP contribution is 2.16. The summed E-state index contributed by atoms with van der Waals surface area (Å²) in [6.07, 6.45) is 14.3. The number of rotatable bonds is 13. The molecule has 0 unspecified atom stereocenters. The molecule has 0 atom stereocenters. The molecule has 24 heavy (non-hydrogen) atoms. The van der Waals surface area contributed by atoms with E-state index in [1.54, 1.807) is 0 Å². The van der Waals surface area contributed by atoms with Gasteiger partial charge in [-0.2, -0.15) is 0 Å². The fourth-order valence-corrected chi connectivity index (χ4v) is 3.22. The number of aliphatic hydroxyl groups is 2. The molecule has 2 heterocycles. The minimum atomic E-state index is 0.220. The number of β-amino-alcohol motifs (C(OH)–C–C–N with tert-alkyl or cyclic N) is 2. The van der Waals surface area contributed by atoms with Crippen LogP contribution in [0.15, 0.2) is 23.8 Å². The number of hydrogen-bond donors (Lipinski definition) is 4. The van der Waals surface area contributed by atoms with Crippen molar-refractivity contribution in [1.82, 2.24) is 20.4 Å². The average molecular weight is 338 g/mol. The Hall–Kier alpha value is -1.40. The van der Waals surface area contributed by atoms with Crippen molar-refractivity contribution < 1.29 is 10.2 Å². The maximum atomic E-state index is 8.92. The number of allylic oxidation sites excluding steroid dienone is 2. The minimum absolute atomic E-state index is 0.220. The molecule has 2 aliphatic rings. The summed E-state index contributed by atoms with van der Waals surface area (Å²) in [4.78, 5) is 4.26. The fraction of sp³-hybridized carbons (Fsp3) is 0.778. The summed E-state index contributed by atoms with van der Waals surface area (Å²) < 4.78 is 0. The largest absolute Gasteiger partial charge is 0.395 e. The first-order valence-electron chi connectivity index (χ1n) is 9.41. The zero-order valence-corrected chi connectivity index (χ0v) is 14.8. The van der Waals surface area contributed by atoms with Gasteiger partial charge in [0, 0.05) is 36.9 Å². The lowest BCUT2D eigenvalue weighted by Crippen LogP contribution is -2.24. The van der Waals surface area contributed by atoms with Crippen molar-refractivity contribution in [2.75, 3.05) is 39.6 Å². The predicted octanol–water partition coefficient (Wildman–Crippen LogP) is 1.50. The van der Waals surface area contributed by atoms with Crippen LogP contribution in [0.3, 0.4) is 0 Å². The molecule has 0 saturated carbocycles. The molecule has 0 spiro atoms. The smallest absolute Gasteiger partial charge is 0.0870 e. The minimum Gasteiger partial charge on any atom is -0.395 e. The summed E-state index contributed by atoms with van der Waals surface area (Å²) >= 11 is 0. The third-order valence-corrected chi connectivity index (χ3v) is 4.61. The first kappa shape index (κ1) is 18.9. The van der Waals surface area contributed by atoms with Gasteiger partial charge in [-0.25, -0.2) is 0 Å². The van der Waals surface area contributed by atoms with E-state index in [0.717, 1.165) is 39.3 Å². The van der Waals surface area contributed by atoms with Crippen molar-refractivity contribution in [1.29, 1.82) is 0 Å². The van der Waals surface area contributed by atoms with Crippen molar-refractivity contribution in [3.05, 3.63) is 23.8 Å². The summed E-state index contributed by atoms with van der Waals surface area (Å²) in [5.41, 5.74) is 2.63. The van der Waals surface area contributed by atoms with E-state index in [-0.39, 0.29) is 13.2 Å². The Bertz CT molecular complexity index is 374. The molecule has 0 aromatic rings. The molecule has 0 aromatic heterocycles. The first-order chi connectivity index (χ1) is 11.8. The first-order valence-corrected chi connectivity index (χ1v) is 9.41. The normalized spacial score (nSPS) is 16.9. The van der Waals surface area contributed by atoms with E-state index in [0.29, 0.717) is 0 Å². The molecular formula is C18H34N4O2. The number of unbranched alkanes of at least 4 members (excludes halogenated alkanes) is 5. The van der Waals surface area contributed by atoms with Crippen molar-refractivity contribution in [3.63, 3.8) is 0 Å². The highest BCUT2D eigenvalue weighted by Gasteiger charge is 2.10. The maximum absolute atomic E-state index is 8.92. The van der Waals surface area contributed by atoms with E-state index in [2.05, 4.69) is 32.8 Å².